The first-order chi connectivity index (χ1) is 13.1. The molecular formula is C20H33ClN4O2. The fourth-order valence-corrected chi connectivity index (χ4v) is 3.27. The first kappa shape index (κ1) is 21.8. The predicted octanol–water partition coefficient (Wildman–Crippen LogP) is 2.77. The van der Waals surface area contributed by atoms with Gasteiger partial charge >= 0.3 is 0 Å². The van der Waals surface area contributed by atoms with E-state index in [0.29, 0.717) is 17.6 Å². The molecule has 2 rings (SSSR count). The van der Waals surface area contributed by atoms with Gasteiger partial charge in [-0.1, -0.05) is 11.6 Å². The zero-order chi connectivity index (χ0) is 19.5. The van der Waals surface area contributed by atoms with Crippen molar-refractivity contribution in [1.82, 2.24) is 15.5 Å². The summed E-state index contributed by atoms with van der Waals surface area (Å²) in [7, 11) is 3.57. The monoisotopic (exact) mass is 396 g/mol. The molecule has 152 valence electrons. The quantitative estimate of drug-likeness (QED) is 0.382. The maximum Gasteiger partial charge on any atom is 0.191 e. The van der Waals surface area contributed by atoms with Gasteiger partial charge in [-0.05, 0) is 50.5 Å². The van der Waals surface area contributed by atoms with Crippen molar-refractivity contribution in [1.29, 1.82) is 0 Å². The van der Waals surface area contributed by atoms with Crippen LogP contribution >= 0.6 is 11.6 Å². The van der Waals surface area contributed by atoms with Gasteiger partial charge < -0.3 is 25.0 Å². The number of guanidine groups is 1. The second-order valence-corrected chi connectivity index (χ2v) is 7.38. The summed E-state index contributed by atoms with van der Waals surface area (Å²) in [4.78, 5) is 6.85. The highest BCUT2D eigenvalue weighted by atomic mass is 35.5. The molecule has 0 bridgehead atoms. The molecule has 0 radical (unpaired) electrons. The van der Waals surface area contributed by atoms with E-state index in [0.717, 1.165) is 57.2 Å². The third-order valence-electron chi connectivity index (χ3n) is 4.68. The molecule has 1 atom stereocenters. The Labute approximate surface area is 168 Å². The summed E-state index contributed by atoms with van der Waals surface area (Å²) < 4.78 is 11.0. The van der Waals surface area contributed by atoms with Crippen LogP contribution in [0.1, 0.15) is 26.2 Å². The Morgan fingerprint density at radius 1 is 1.30 bits per heavy atom. The fraction of sp³-hybridized carbons (Fsp3) is 0.650. The minimum atomic E-state index is 0.0207. The van der Waals surface area contributed by atoms with Gasteiger partial charge in [0.05, 0.1) is 6.54 Å². The highest BCUT2D eigenvalue weighted by molar-refractivity contribution is 6.30. The third-order valence-corrected chi connectivity index (χ3v) is 4.93. The van der Waals surface area contributed by atoms with E-state index in [4.69, 9.17) is 21.1 Å². The van der Waals surface area contributed by atoms with Crippen LogP contribution in [0.5, 0.6) is 5.75 Å². The molecule has 6 nitrogen and oxygen atoms in total. The van der Waals surface area contributed by atoms with Crippen molar-refractivity contribution in [3.05, 3.63) is 29.3 Å². The summed E-state index contributed by atoms with van der Waals surface area (Å²) in [6.45, 7) is 6.91. The molecule has 7 heteroatoms. The van der Waals surface area contributed by atoms with Crippen molar-refractivity contribution in [3.8, 4) is 5.75 Å². The van der Waals surface area contributed by atoms with Crippen molar-refractivity contribution in [2.45, 2.75) is 38.3 Å². The molecule has 27 heavy (non-hydrogen) atoms. The first-order valence-electron chi connectivity index (χ1n) is 9.71. The highest BCUT2D eigenvalue weighted by Gasteiger charge is 2.19. The van der Waals surface area contributed by atoms with Crippen LogP contribution in [0, 0.1) is 0 Å². The van der Waals surface area contributed by atoms with E-state index in [1.807, 2.05) is 31.2 Å². The average Bonchev–Trinajstić information content (AvgIpc) is 2.68. The third kappa shape index (κ3) is 8.37. The van der Waals surface area contributed by atoms with Crippen LogP contribution in [-0.2, 0) is 4.74 Å². The number of likely N-dealkylation sites (tertiary alicyclic amines) is 1. The number of nitrogens with zero attached hydrogens (tertiary/aromatic N) is 2. The SMILES string of the molecule is CN=C(NCC(C)Oc1ccc(Cl)cc1)NC1CCN(CCCOC)CC1. The number of hydrogen-bond acceptors (Lipinski definition) is 4. The maximum atomic E-state index is 5.90. The summed E-state index contributed by atoms with van der Waals surface area (Å²) >= 11 is 5.90. The lowest BCUT2D eigenvalue weighted by Gasteiger charge is -2.33. The van der Waals surface area contributed by atoms with Gasteiger partial charge in [-0.2, -0.15) is 0 Å². The van der Waals surface area contributed by atoms with Gasteiger partial charge in [0, 0.05) is 51.5 Å². The minimum Gasteiger partial charge on any atom is -0.489 e. The largest absolute Gasteiger partial charge is 0.489 e. The van der Waals surface area contributed by atoms with Crippen molar-refractivity contribution in [3.63, 3.8) is 0 Å². The molecule has 0 aromatic heterocycles. The molecule has 0 amide bonds. The Kier molecular flexibility index (Phi) is 9.73. The Balaban J connectivity index is 1.66. The Hall–Kier alpha value is -1.50. The summed E-state index contributed by atoms with van der Waals surface area (Å²) in [5.74, 6) is 1.65. The molecule has 1 fully saturated rings. The number of piperidine rings is 1. The maximum absolute atomic E-state index is 5.90. The number of nitrogens with one attached hydrogen (secondary N) is 2. The van der Waals surface area contributed by atoms with Crippen LogP contribution in [0.2, 0.25) is 5.02 Å². The lowest BCUT2D eigenvalue weighted by atomic mass is 10.1. The van der Waals surface area contributed by atoms with Crippen LogP contribution in [0.4, 0.5) is 0 Å². The molecule has 1 aromatic carbocycles. The van der Waals surface area contributed by atoms with E-state index in [-0.39, 0.29) is 6.10 Å². The molecule has 1 aliphatic heterocycles. The molecule has 1 aromatic rings. The molecule has 1 unspecified atom stereocenters. The van der Waals surface area contributed by atoms with Crippen molar-refractivity contribution >= 4 is 17.6 Å². The van der Waals surface area contributed by atoms with Crippen LogP contribution in [0.3, 0.4) is 0 Å². The van der Waals surface area contributed by atoms with Crippen LogP contribution in [0.15, 0.2) is 29.3 Å². The molecule has 0 spiro atoms. The van der Waals surface area contributed by atoms with Crippen LogP contribution in [0.25, 0.3) is 0 Å². The topological polar surface area (TPSA) is 58.1 Å². The molecule has 1 aliphatic rings. The number of hydrogen-bond donors (Lipinski definition) is 2. The predicted molar refractivity (Wildman–Crippen MR) is 112 cm³/mol. The normalized spacial score (nSPS) is 17.6. The number of ether oxygens (including phenoxy) is 2. The Bertz CT molecular complexity index is 560. The second kappa shape index (κ2) is 12.1. The van der Waals surface area contributed by atoms with E-state index >= 15 is 0 Å². The molecule has 2 N–H and O–H groups in total. The van der Waals surface area contributed by atoms with Gasteiger partial charge in [-0.15, -0.1) is 0 Å². The first-order valence-corrected chi connectivity index (χ1v) is 10.1. The standard InChI is InChI=1S/C20H33ClN4O2/c1-16(27-19-7-5-17(21)6-8-19)15-23-20(22-2)24-18-9-12-25(13-10-18)11-4-14-26-3/h5-8,16,18H,4,9-15H2,1-3H3,(H2,22,23,24). The summed E-state index contributed by atoms with van der Waals surface area (Å²) in [6.07, 6.45) is 3.38. The summed E-state index contributed by atoms with van der Waals surface area (Å²) in [5.41, 5.74) is 0. The van der Waals surface area contributed by atoms with Crippen LogP contribution < -0.4 is 15.4 Å². The van der Waals surface area contributed by atoms with E-state index < -0.39 is 0 Å². The smallest absolute Gasteiger partial charge is 0.191 e. The number of methoxy groups -OCH3 is 1. The van der Waals surface area contributed by atoms with Gasteiger partial charge in [0.2, 0.25) is 0 Å². The summed E-state index contributed by atoms with van der Waals surface area (Å²) in [6, 6.07) is 7.89. The fourth-order valence-electron chi connectivity index (χ4n) is 3.15. The molecule has 0 saturated carbocycles. The lowest BCUT2D eigenvalue weighted by molar-refractivity contribution is 0.155. The van der Waals surface area contributed by atoms with Crippen LogP contribution in [-0.4, -0.2) is 69.9 Å². The molecular weight excluding hydrogens is 364 g/mol. The van der Waals surface area contributed by atoms with Crippen molar-refractivity contribution < 1.29 is 9.47 Å². The number of benzene rings is 1. The van der Waals surface area contributed by atoms with Gasteiger partial charge in [0.25, 0.3) is 0 Å². The van der Waals surface area contributed by atoms with Crippen molar-refractivity contribution in [2.24, 2.45) is 4.99 Å². The highest BCUT2D eigenvalue weighted by Crippen LogP contribution is 2.16. The zero-order valence-corrected chi connectivity index (χ0v) is 17.5. The van der Waals surface area contributed by atoms with Gasteiger partial charge in [0.15, 0.2) is 5.96 Å². The van der Waals surface area contributed by atoms with E-state index in [9.17, 15) is 0 Å². The second-order valence-electron chi connectivity index (χ2n) is 6.94. The summed E-state index contributed by atoms with van der Waals surface area (Å²) in [5, 5.41) is 7.60. The molecule has 1 saturated heterocycles. The van der Waals surface area contributed by atoms with Gasteiger partial charge in [-0.3, -0.25) is 4.99 Å². The van der Waals surface area contributed by atoms with E-state index in [1.165, 1.54) is 0 Å². The molecule has 0 aliphatic carbocycles. The minimum absolute atomic E-state index is 0.0207. The Morgan fingerprint density at radius 3 is 2.63 bits per heavy atom. The van der Waals surface area contributed by atoms with E-state index in [2.05, 4.69) is 20.5 Å². The number of aliphatic imine (C=N–C) groups is 1. The zero-order valence-electron chi connectivity index (χ0n) is 16.7. The van der Waals surface area contributed by atoms with Gasteiger partial charge in [-0.25, -0.2) is 0 Å². The van der Waals surface area contributed by atoms with Gasteiger partial charge in [0.1, 0.15) is 11.9 Å². The average molecular weight is 397 g/mol. The number of rotatable bonds is 9. The Morgan fingerprint density at radius 2 is 2.00 bits per heavy atom. The lowest BCUT2D eigenvalue weighted by Crippen LogP contribution is -2.50. The van der Waals surface area contributed by atoms with E-state index in [1.54, 1.807) is 14.2 Å². The number of halogens is 1. The molecule has 1 heterocycles. The van der Waals surface area contributed by atoms with Crippen molar-refractivity contribution in [2.75, 3.05) is 46.9 Å².